The van der Waals surface area contributed by atoms with Crippen molar-refractivity contribution >= 4 is 96.9 Å². The lowest BCUT2D eigenvalue weighted by Crippen LogP contribution is -2.55. The minimum atomic E-state index is -1.00. The number of likely N-dealkylation sites (tertiary alicyclic amines) is 1. The molecule has 131 heavy (non-hydrogen) atoms. The number of nitrogens with one attached hydrogen (secondary N) is 6. The summed E-state index contributed by atoms with van der Waals surface area (Å²) in [5.41, 5.74) is 23.8. The number of halogens is 8. The summed E-state index contributed by atoms with van der Waals surface area (Å²) in [5.74, 6) is -1.86. The van der Waals surface area contributed by atoms with E-state index in [4.69, 9.17) is 49.4 Å². The molecule has 0 spiro atoms. The Hall–Kier alpha value is -12.1. The van der Waals surface area contributed by atoms with E-state index in [1.165, 1.54) is 92.2 Å². The van der Waals surface area contributed by atoms with Crippen LogP contribution in [0.1, 0.15) is 90.6 Å². The van der Waals surface area contributed by atoms with Crippen LogP contribution in [0.15, 0.2) is 225 Å². The highest BCUT2D eigenvalue weighted by Crippen LogP contribution is 2.35. The second-order valence-corrected chi connectivity index (χ2v) is 33.0. The SMILES string of the molecule is CC(C)NCC(O)COc1cc([18F])cc2[nH]c3ccccc3c12.COC1CCCCC1N1CCN(CCN(C(=O)c2ccc([18F])cc2)c2ccccn2)CC1.NC(N)=NCc1ccc([18F])c(I)c1.NC(N)=NCc1cccc([18F])c1.O=C(c1ccc([18F])cc1)C1CCN(CCn2c(=S)[nH]c3ccccc3c2=O)CC1.O=c1[nH]cc([18F])c(=O)[nH]1.[18F]c1ncccc1OC[C@@H]1CCN1. The fraction of sp³-hybridized carbons (Fsp3) is 0.340. The number of anilines is 1. The van der Waals surface area contributed by atoms with Gasteiger partial charge in [0.15, 0.2) is 28.2 Å². The van der Waals surface area contributed by atoms with Gasteiger partial charge in [-0.25, -0.2) is 46.7 Å². The lowest BCUT2D eigenvalue weighted by Gasteiger charge is -2.43. The van der Waals surface area contributed by atoms with E-state index in [1.807, 2.05) is 109 Å². The number of ketones is 1. The molecule has 1 amide bonds. The normalized spacial score (nSPS) is 15.8. The molecule has 0 radical (unpaired) electrons. The molecule has 3 unspecified atom stereocenters. The molecule has 1 aliphatic carbocycles. The highest BCUT2D eigenvalue weighted by molar-refractivity contribution is 14.1. The number of aliphatic hydroxyl groups is 1. The van der Waals surface area contributed by atoms with Crippen LogP contribution in [0.2, 0.25) is 0 Å². The van der Waals surface area contributed by atoms with E-state index in [-0.39, 0.29) is 76.5 Å². The smallest absolute Gasteiger partial charge is 0.325 e. The van der Waals surface area contributed by atoms with Gasteiger partial charge in [0.2, 0.25) is 5.82 Å². The molecule has 5 aromatic heterocycles. The second-order valence-electron chi connectivity index (χ2n) is 31.4. The molecule has 0 bridgehead atoms. The van der Waals surface area contributed by atoms with Gasteiger partial charge >= 0.3 is 5.69 Å². The van der Waals surface area contributed by atoms with Crippen molar-refractivity contribution < 1.29 is 59.6 Å². The van der Waals surface area contributed by atoms with Crippen molar-refractivity contribution in [2.24, 2.45) is 38.8 Å². The number of carbonyl (C=O) groups is 2. The number of aliphatic imine (C=N–C) groups is 2. The molecule has 15 N–H and O–H groups in total. The van der Waals surface area contributed by atoms with Crippen LogP contribution in [0.3, 0.4) is 0 Å². The van der Waals surface area contributed by atoms with E-state index >= 15 is 0 Å². The first-order chi connectivity index (χ1) is 63.1. The number of piperidine rings is 1. The van der Waals surface area contributed by atoms with E-state index < -0.39 is 29.1 Å². The number of hydrogen-bond donors (Lipinski definition) is 11. The number of benzene rings is 7. The Morgan fingerprint density at radius 3 is 1.86 bits per heavy atom. The summed E-state index contributed by atoms with van der Waals surface area (Å²) < 4.78 is 110. The Bertz CT molecular complexity index is 5970. The van der Waals surface area contributed by atoms with Crippen molar-refractivity contribution in [2.45, 2.75) is 109 Å². The number of piperazine rings is 1. The van der Waals surface area contributed by atoms with E-state index in [0.29, 0.717) is 118 Å². The number of para-hydroxylation sites is 2. The molecular formula is C94H109F7IN19O9S. The Morgan fingerprint density at radius 1 is 0.618 bits per heavy atom. The van der Waals surface area contributed by atoms with Gasteiger partial charge in [-0.1, -0.05) is 81.3 Å². The average molecular weight is 1930 g/mol. The van der Waals surface area contributed by atoms with Gasteiger partial charge in [-0.05, 0) is 219 Å². The molecule has 1 saturated carbocycles. The summed E-state index contributed by atoms with van der Waals surface area (Å²) in [6.45, 7) is 14.9. The fourth-order valence-corrected chi connectivity index (χ4v) is 15.5. The third kappa shape index (κ3) is 31.9. The maximum atomic E-state index is 13.8. The van der Waals surface area contributed by atoms with Gasteiger partial charge in [-0.2, -0.15) is 8.78 Å². The summed E-state index contributed by atoms with van der Waals surface area (Å²) in [6.07, 6.45) is 11.1. The van der Waals surface area contributed by atoms with Crippen LogP contribution in [0.4, 0.5) is 36.6 Å². The molecule has 16 rings (SSSR count). The molecule has 28 nitrogen and oxygen atoms in total. The van der Waals surface area contributed by atoms with Crippen molar-refractivity contribution in [3.8, 4) is 11.5 Å². The minimum Gasteiger partial charge on any atom is -0.490 e. The van der Waals surface area contributed by atoms with Crippen LogP contribution in [0.5, 0.6) is 11.5 Å². The fourth-order valence-electron chi connectivity index (χ4n) is 14.7. The van der Waals surface area contributed by atoms with Crippen LogP contribution < -0.4 is 64.8 Å². The number of ether oxygens (including phenoxy) is 3. The lowest BCUT2D eigenvalue weighted by molar-refractivity contribution is -0.0267. The van der Waals surface area contributed by atoms with Gasteiger partial charge in [0.25, 0.3) is 23.0 Å². The number of Topliss-reactive ketones (excluding diaryl/α,β-unsaturated/α-hetero) is 1. The van der Waals surface area contributed by atoms with Crippen molar-refractivity contribution in [1.29, 1.82) is 0 Å². The van der Waals surface area contributed by atoms with Gasteiger partial charge in [0.1, 0.15) is 60.0 Å². The Morgan fingerprint density at radius 2 is 1.25 bits per heavy atom. The number of carbonyl (C=O) groups excluding carboxylic acids is 2. The number of nitrogens with two attached hydrogens (primary N) is 4. The predicted molar refractivity (Wildman–Crippen MR) is 505 cm³/mol. The zero-order chi connectivity index (χ0) is 93.9. The number of pyridine rings is 2. The highest BCUT2D eigenvalue weighted by atomic mass is 127. The van der Waals surface area contributed by atoms with Gasteiger partial charge < -0.3 is 72.7 Å². The van der Waals surface area contributed by atoms with Crippen LogP contribution in [-0.4, -0.2) is 201 Å². The Labute approximate surface area is 771 Å². The number of guanidine groups is 2. The molecule has 12 aromatic rings. The van der Waals surface area contributed by atoms with Crippen molar-refractivity contribution in [3.63, 3.8) is 0 Å². The van der Waals surface area contributed by atoms with Gasteiger partial charge in [0.05, 0.1) is 35.6 Å². The molecular weight excluding hydrogens is 1820 g/mol. The summed E-state index contributed by atoms with van der Waals surface area (Å²) in [6, 6.07) is 50.3. The summed E-state index contributed by atoms with van der Waals surface area (Å²) >= 11 is 7.29. The van der Waals surface area contributed by atoms with Crippen LogP contribution >= 0.6 is 34.8 Å². The third-order valence-electron chi connectivity index (χ3n) is 21.7. The monoisotopic (exact) mass is 1930 g/mol. The van der Waals surface area contributed by atoms with E-state index in [2.05, 4.69) is 55.3 Å². The van der Waals surface area contributed by atoms with Gasteiger partial charge in [-0.3, -0.25) is 43.4 Å². The largest absolute Gasteiger partial charge is 0.490 e. The number of hydrogen-bond acceptors (Lipinski definition) is 19. The Kier molecular flexibility index (Phi) is 39.7. The van der Waals surface area contributed by atoms with Crippen molar-refractivity contribution in [3.05, 3.63) is 303 Å². The second kappa shape index (κ2) is 51.5. The maximum Gasteiger partial charge on any atom is 0.325 e. The average Bonchev–Trinajstić information content (AvgIpc) is 1.67. The highest BCUT2D eigenvalue weighted by Gasteiger charge is 2.33. The lowest BCUT2D eigenvalue weighted by atomic mass is 9.89. The number of H-pyrrole nitrogens is 4. The van der Waals surface area contributed by atoms with Crippen LogP contribution in [0.25, 0.3) is 32.7 Å². The number of aromatic amines is 4. The molecule has 37 heteroatoms. The summed E-state index contributed by atoms with van der Waals surface area (Å²) in [7, 11) is 1.84. The number of rotatable bonds is 25. The molecule has 4 fully saturated rings. The predicted octanol–water partition coefficient (Wildman–Crippen LogP) is 12.4. The maximum absolute atomic E-state index is 13.8. The quantitative estimate of drug-likeness (QED) is 0.00481. The number of aliphatic hydroxyl groups excluding tert-OH is 1. The molecule has 3 saturated heterocycles. The number of fused-ring (bicyclic) bond motifs is 4. The summed E-state index contributed by atoms with van der Waals surface area (Å²) in [4.78, 5) is 93.2. The Balaban J connectivity index is 0.000000166. The zero-order valence-corrected chi connectivity index (χ0v) is 75.7. The van der Waals surface area contributed by atoms with Crippen molar-refractivity contribution in [1.82, 2.24) is 59.8 Å². The number of nitrogens with zero attached hydrogens (tertiary/aromatic N) is 9. The molecule has 4 atom stereocenters. The van der Waals surface area contributed by atoms with E-state index in [1.54, 1.807) is 75.2 Å². The number of methoxy groups -OCH3 is 1. The van der Waals surface area contributed by atoms with Gasteiger partial charge in [0, 0.05) is 146 Å². The van der Waals surface area contributed by atoms with E-state index in [9.17, 15) is 59.8 Å². The minimum absolute atomic E-state index is 0.0132. The first kappa shape index (κ1) is 101. The zero-order valence-electron chi connectivity index (χ0n) is 72.8. The molecule has 3 aliphatic heterocycles. The summed E-state index contributed by atoms with van der Waals surface area (Å²) in [5, 5.41) is 18.7. The standard InChI is InChI=1S/C25H33FN4O2.C22H22FN3O2S.C18H21FN2O2.C9H11FN2O.C8H9FIN3.C8H10FN3.C4H3FN2O2/c1-32-23-7-3-2-6-22(23)29-17-14-28(15-18-29)16-19-30(24-8-4-5-13-27-24)25(31)20-9-11-21(26)12-10-20;23-17-7-5-15(6-8-17)20(27)16-9-11-25(12-10-16)13-14-26-21(28)18-3-1-2-4-19(18)24-22(26)29;1-11(2)20-9-13(22)10-23-17-8-12(19)7-16-18(17)14-5-3-4-6-15(14)21-16;10-9-8(2-1-4-12-9)13-6-7-3-5-11-7;9-6-2-1-5(3-7(6)10)4-13-8(11)12;9-7-3-1-2-6(4-7)5-12-8(10)11;5-2-1-6-4(9)7-3(2)8/h4-5,8-13,22-23H,2-3,6-7,14-19H2,1H3;1-8,16H,9-14H2,(H,24,29);3-8,11,13,20-22H,9-10H2,1-2H3;1-2,4,7,11H,3,5-6H2;1-3H,4H2,(H4,11,12,13);1-4H,5H2,(H4,10,11,12);1H,(H2,6,7,8,9)/t;;;7-;;;/m...0.../s1/i26-1;23-1;19-1;10-1;2*9-1;5-1. The molecule has 7 aromatic carbocycles. The van der Waals surface area contributed by atoms with Crippen molar-refractivity contribution in [2.75, 3.05) is 97.2 Å². The van der Waals surface area contributed by atoms with Crippen LogP contribution in [0, 0.1) is 55.1 Å². The molecule has 8 heterocycles. The third-order valence-corrected chi connectivity index (χ3v) is 22.9. The number of amides is 1. The van der Waals surface area contributed by atoms with E-state index in [0.717, 1.165) is 111 Å². The molecule has 4 aliphatic rings. The van der Waals surface area contributed by atoms with Gasteiger partial charge in [-0.15, -0.1) is 0 Å². The molecule has 696 valence electrons. The first-order valence-electron chi connectivity index (χ1n) is 42.8. The topological polar surface area (TPSA) is 393 Å². The number of aromatic nitrogens is 7. The van der Waals surface area contributed by atoms with Crippen LogP contribution in [-0.2, 0) is 24.4 Å². The first-order valence-corrected chi connectivity index (χ1v) is 44.2.